The van der Waals surface area contributed by atoms with Crippen LogP contribution in [0.25, 0.3) is 0 Å². The standard InChI is InChI=1S/C17H16BrClO/c18-15-8-7-14(10-16(15)19)17(20)13-6-5-11-3-1-2-4-12(11)9-13/h5-10,17,20H,1-4H2. The molecule has 0 fully saturated rings. The number of rotatable bonds is 2. The summed E-state index contributed by atoms with van der Waals surface area (Å²) in [7, 11) is 0. The Morgan fingerprint density at radius 1 is 0.950 bits per heavy atom. The van der Waals surface area contributed by atoms with Crippen molar-refractivity contribution in [1.82, 2.24) is 0 Å². The van der Waals surface area contributed by atoms with Gasteiger partial charge in [0.1, 0.15) is 6.10 Å². The first kappa shape index (κ1) is 14.1. The monoisotopic (exact) mass is 350 g/mol. The van der Waals surface area contributed by atoms with Gasteiger partial charge in [-0.15, -0.1) is 0 Å². The molecule has 2 aromatic carbocycles. The maximum absolute atomic E-state index is 10.5. The largest absolute Gasteiger partial charge is 0.384 e. The van der Waals surface area contributed by atoms with Gasteiger partial charge in [0, 0.05) is 4.47 Å². The van der Waals surface area contributed by atoms with Gasteiger partial charge in [-0.3, -0.25) is 0 Å². The predicted molar refractivity (Wildman–Crippen MR) is 86.3 cm³/mol. The van der Waals surface area contributed by atoms with Crippen molar-refractivity contribution >= 4 is 27.5 Å². The summed E-state index contributed by atoms with van der Waals surface area (Å²) in [6.45, 7) is 0. The van der Waals surface area contributed by atoms with Crippen LogP contribution in [0.1, 0.15) is 41.2 Å². The highest BCUT2D eigenvalue weighted by atomic mass is 79.9. The molecule has 1 aliphatic rings. The molecule has 0 heterocycles. The second kappa shape index (κ2) is 5.88. The van der Waals surface area contributed by atoms with Crippen LogP contribution >= 0.6 is 27.5 Å². The van der Waals surface area contributed by atoms with Crippen molar-refractivity contribution in [2.75, 3.05) is 0 Å². The minimum atomic E-state index is -0.618. The molecular weight excluding hydrogens is 336 g/mol. The lowest BCUT2D eigenvalue weighted by atomic mass is 9.88. The normalized spacial score (nSPS) is 15.8. The first-order valence-electron chi connectivity index (χ1n) is 6.90. The molecule has 0 aromatic heterocycles. The van der Waals surface area contributed by atoms with E-state index in [1.807, 2.05) is 24.3 Å². The van der Waals surface area contributed by atoms with Crippen LogP contribution in [-0.2, 0) is 12.8 Å². The summed E-state index contributed by atoms with van der Waals surface area (Å²) in [5.74, 6) is 0. The van der Waals surface area contributed by atoms with Gasteiger partial charge in [0.25, 0.3) is 0 Å². The molecule has 0 saturated heterocycles. The van der Waals surface area contributed by atoms with Crippen LogP contribution < -0.4 is 0 Å². The van der Waals surface area contributed by atoms with Crippen LogP contribution in [0.2, 0.25) is 5.02 Å². The van der Waals surface area contributed by atoms with E-state index in [0.29, 0.717) is 5.02 Å². The lowest BCUT2D eigenvalue weighted by Crippen LogP contribution is -2.06. The quantitative estimate of drug-likeness (QED) is 0.801. The van der Waals surface area contributed by atoms with E-state index in [9.17, 15) is 5.11 Å². The molecule has 3 rings (SSSR count). The first-order valence-corrected chi connectivity index (χ1v) is 8.07. The topological polar surface area (TPSA) is 20.2 Å². The fourth-order valence-electron chi connectivity index (χ4n) is 2.80. The van der Waals surface area contributed by atoms with Crippen LogP contribution in [0.3, 0.4) is 0 Å². The summed E-state index contributed by atoms with van der Waals surface area (Å²) in [5, 5.41) is 11.2. The fourth-order valence-corrected chi connectivity index (χ4v) is 3.23. The Balaban J connectivity index is 1.93. The summed E-state index contributed by atoms with van der Waals surface area (Å²) in [6, 6.07) is 11.9. The van der Waals surface area contributed by atoms with Gasteiger partial charge in [-0.1, -0.05) is 35.9 Å². The van der Waals surface area contributed by atoms with E-state index in [2.05, 4.69) is 28.1 Å². The van der Waals surface area contributed by atoms with Gasteiger partial charge in [0.05, 0.1) is 5.02 Å². The maximum Gasteiger partial charge on any atom is 0.104 e. The highest BCUT2D eigenvalue weighted by molar-refractivity contribution is 9.10. The Morgan fingerprint density at radius 2 is 1.60 bits per heavy atom. The van der Waals surface area contributed by atoms with E-state index >= 15 is 0 Å². The second-order valence-corrected chi connectivity index (χ2v) is 6.57. The van der Waals surface area contributed by atoms with E-state index in [1.54, 1.807) is 0 Å². The highest BCUT2D eigenvalue weighted by Gasteiger charge is 2.15. The molecule has 0 spiro atoms. The zero-order valence-electron chi connectivity index (χ0n) is 11.1. The number of aliphatic hydroxyl groups is 1. The van der Waals surface area contributed by atoms with Crippen LogP contribution in [0.5, 0.6) is 0 Å². The number of hydrogen-bond donors (Lipinski definition) is 1. The first-order chi connectivity index (χ1) is 9.65. The van der Waals surface area contributed by atoms with Crippen LogP contribution in [-0.4, -0.2) is 5.11 Å². The number of halogens is 2. The van der Waals surface area contributed by atoms with Crippen molar-refractivity contribution in [3.63, 3.8) is 0 Å². The van der Waals surface area contributed by atoms with Crippen LogP contribution in [0, 0.1) is 0 Å². The minimum Gasteiger partial charge on any atom is -0.384 e. The summed E-state index contributed by atoms with van der Waals surface area (Å²) >= 11 is 9.47. The summed E-state index contributed by atoms with van der Waals surface area (Å²) in [4.78, 5) is 0. The number of aryl methyl sites for hydroxylation is 2. The van der Waals surface area contributed by atoms with Crippen molar-refractivity contribution in [1.29, 1.82) is 0 Å². The SMILES string of the molecule is OC(c1ccc(Br)c(Cl)c1)c1ccc2c(c1)CCCC2. The number of hydrogen-bond acceptors (Lipinski definition) is 1. The van der Waals surface area contributed by atoms with E-state index in [0.717, 1.165) is 28.4 Å². The molecule has 20 heavy (non-hydrogen) atoms. The molecule has 0 bridgehead atoms. The molecule has 2 aromatic rings. The number of fused-ring (bicyclic) bond motifs is 1. The molecule has 1 atom stereocenters. The Labute approximate surface area is 132 Å². The van der Waals surface area contributed by atoms with Gasteiger partial charge in [-0.05, 0) is 76.0 Å². The molecule has 0 amide bonds. The van der Waals surface area contributed by atoms with Gasteiger partial charge < -0.3 is 5.11 Å². The van der Waals surface area contributed by atoms with Gasteiger partial charge in [0.15, 0.2) is 0 Å². The van der Waals surface area contributed by atoms with E-state index < -0.39 is 6.10 Å². The highest BCUT2D eigenvalue weighted by Crippen LogP contribution is 2.31. The Hall–Kier alpha value is -0.830. The average Bonchev–Trinajstić information content (AvgIpc) is 2.49. The molecule has 1 N–H and O–H groups in total. The van der Waals surface area contributed by atoms with Gasteiger partial charge >= 0.3 is 0 Å². The van der Waals surface area contributed by atoms with Crippen molar-refractivity contribution in [2.45, 2.75) is 31.8 Å². The second-order valence-electron chi connectivity index (χ2n) is 5.31. The third kappa shape index (κ3) is 2.78. The van der Waals surface area contributed by atoms with E-state index in [-0.39, 0.29) is 0 Å². The number of benzene rings is 2. The molecule has 0 aliphatic heterocycles. The summed E-state index contributed by atoms with van der Waals surface area (Å²) in [6.07, 6.45) is 4.19. The zero-order valence-corrected chi connectivity index (χ0v) is 13.4. The summed E-state index contributed by atoms with van der Waals surface area (Å²) < 4.78 is 0.848. The van der Waals surface area contributed by atoms with Gasteiger partial charge in [0.2, 0.25) is 0 Å². The molecule has 3 heteroatoms. The van der Waals surface area contributed by atoms with Crippen molar-refractivity contribution < 1.29 is 5.11 Å². The van der Waals surface area contributed by atoms with Gasteiger partial charge in [-0.2, -0.15) is 0 Å². The molecule has 104 valence electrons. The third-order valence-corrected chi connectivity index (χ3v) is 5.18. The van der Waals surface area contributed by atoms with Gasteiger partial charge in [-0.25, -0.2) is 0 Å². The lowest BCUT2D eigenvalue weighted by molar-refractivity contribution is 0.220. The third-order valence-electron chi connectivity index (χ3n) is 3.95. The van der Waals surface area contributed by atoms with E-state index in [4.69, 9.17) is 11.6 Å². The number of aliphatic hydroxyl groups excluding tert-OH is 1. The van der Waals surface area contributed by atoms with Crippen molar-refractivity contribution in [3.05, 3.63) is 68.1 Å². The Kier molecular flexibility index (Phi) is 4.16. The Morgan fingerprint density at radius 3 is 2.35 bits per heavy atom. The molecule has 0 radical (unpaired) electrons. The van der Waals surface area contributed by atoms with Crippen LogP contribution in [0.4, 0.5) is 0 Å². The van der Waals surface area contributed by atoms with Crippen molar-refractivity contribution in [2.24, 2.45) is 0 Å². The Bertz CT molecular complexity index is 639. The predicted octanol–water partition coefficient (Wildman–Crippen LogP) is 5.06. The molecular formula is C17H16BrClO. The minimum absolute atomic E-state index is 0.618. The molecule has 1 aliphatic carbocycles. The molecule has 0 saturated carbocycles. The molecule has 1 nitrogen and oxygen atoms in total. The molecule has 1 unspecified atom stereocenters. The summed E-state index contributed by atoms with van der Waals surface area (Å²) in [5.41, 5.74) is 4.59. The smallest absolute Gasteiger partial charge is 0.104 e. The average molecular weight is 352 g/mol. The van der Waals surface area contributed by atoms with E-state index in [1.165, 1.54) is 24.0 Å². The fraction of sp³-hybridized carbons (Fsp3) is 0.294. The maximum atomic E-state index is 10.5. The zero-order chi connectivity index (χ0) is 14.1. The van der Waals surface area contributed by atoms with Crippen LogP contribution in [0.15, 0.2) is 40.9 Å². The van der Waals surface area contributed by atoms with Crippen molar-refractivity contribution in [3.8, 4) is 0 Å². The lowest BCUT2D eigenvalue weighted by Gasteiger charge is -2.19.